The second kappa shape index (κ2) is 7.06. The Kier molecular flexibility index (Phi) is 4.59. The Morgan fingerprint density at radius 3 is 2.63 bits per heavy atom. The van der Waals surface area contributed by atoms with Crippen molar-refractivity contribution in [2.24, 2.45) is 0 Å². The number of hydrogen-bond acceptors (Lipinski definition) is 4. The lowest BCUT2D eigenvalue weighted by Gasteiger charge is -2.06. The number of thiophene rings is 1. The molecule has 0 amide bonds. The number of hydrogen-bond donors (Lipinski definition) is 0. The number of carbonyl (C=O) groups excluding carboxylic acids is 1. The summed E-state index contributed by atoms with van der Waals surface area (Å²) in [6.07, 6.45) is 1.32. The molecule has 0 saturated carbocycles. The van der Waals surface area contributed by atoms with Crippen molar-refractivity contribution >= 4 is 38.9 Å². The Morgan fingerprint density at radius 2 is 1.89 bits per heavy atom. The summed E-state index contributed by atoms with van der Waals surface area (Å²) in [5, 5.41) is 2.89. The molecule has 0 atom stereocenters. The molecule has 0 aliphatic rings. The molecule has 27 heavy (non-hydrogen) atoms. The van der Waals surface area contributed by atoms with Crippen molar-refractivity contribution in [1.29, 1.82) is 0 Å². The van der Waals surface area contributed by atoms with Crippen LogP contribution in [0, 0.1) is 5.82 Å². The van der Waals surface area contributed by atoms with E-state index in [1.165, 1.54) is 40.4 Å². The van der Waals surface area contributed by atoms with E-state index in [1.807, 2.05) is 17.5 Å². The molecule has 7 heteroatoms. The van der Waals surface area contributed by atoms with Gasteiger partial charge in [-0.3, -0.25) is 14.2 Å². The van der Waals surface area contributed by atoms with Crippen molar-refractivity contribution in [1.82, 2.24) is 9.55 Å². The molecule has 0 aliphatic heterocycles. The highest BCUT2D eigenvalue weighted by molar-refractivity contribution is 7.17. The van der Waals surface area contributed by atoms with Crippen LogP contribution in [0.3, 0.4) is 0 Å². The van der Waals surface area contributed by atoms with Gasteiger partial charge in [-0.25, -0.2) is 9.37 Å². The minimum atomic E-state index is -0.609. The van der Waals surface area contributed by atoms with Crippen LogP contribution in [0.4, 0.5) is 4.39 Å². The van der Waals surface area contributed by atoms with Gasteiger partial charge in [-0.05, 0) is 29.8 Å². The molecule has 4 aromatic rings. The summed E-state index contributed by atoms with van der Waals surface area (Å²) in [6, 6.07) is 12.9. The Labute approximate surface area is 162 Å². The molecular weight excluding hydrogens is 387 g/mol. The maximum atomic E-state index is 13.8. The van der Waals surface area contributed by atoms with Gasteiger partial charge in [0, 0.05) is 16.0 Å². The highest BCUT2D eigenvalue weighted by Gasteiger charge is 2.16. The molecule has 2 aromatic carbocycles. The summed E-state index contributed by atoms with van der Waals surface area (Å²) in [5.41, 5.74) is 1.18. The molecule has 4 nitrogen and oxygen atoms in total. The molecule has 0 fully saturated rings. The minimum Gasteiger partial charge on any atom is -0.292 e. The summed E-state index contributed by atoms with van der Waals surface area (Å²) in [7, 11) is 0. The fourth-order valence-electron chi connectivity index (χ4n) is 2.85. The average molecular weight is 399 g/mol. The van der Waals surface area contributed by atoms with Crippen LogP contribution in [-0.4, -0.2) is 15.3 Å². The number of aromatic nitrogens is 2. The number of carbonyl (C=O) groups is 1. The Hall–Kier alpha value is -2.83. The largest absolute Gasteiger partial charge is 0.292 e. The number of ketones is 1. The molecule has 134 valence electrons. The zero-order chi connectivity index (χ0) is 19.0. The summed E-state index contributed by atoms with van der Waals surface area (Å²) < 4.78 is 15.0. The zero-order valence-electron chi connectivity index (χ0n) is 13.9. The maximum Gasteiger partial charge on any atom is 0.263 e. The fraction of sp³-hybridized carbons (Fsp3) is 0.0500. The van der Waals surface area contributed by atoms with E-state index in [2.05, 4.69) is 4.98 Å². The van der Waals surface area contributed by atoms with Gasteiger partial charge in [-0.15, -0.1) is 11.3 Å². The third kappa shape index (κ3) is 3.29. The first-order valence-electron chi connectivity index (χ1n) is 8.05. The van der Waals surface area contributed by atoms with E-state index >= 15 is 0 Å². The topological polar surface area (TPSA) is 52.0 Å². The normalized spacial score (nSPS) is 11.0. The molecule has 4 rings (SSSR count). The first-order valence-corrected chi connectivity index (χ1v) is 9.30. The van der Waals surface area contributed by atoms with Gasteiger partial charge in [-0.2, -0.15) is 0 Å². The lowest BCUT2D eigenvalue weighted by atomic mass is 10.1. The predicted octanol–water partition coefficient (Wildman–Crippen LogP) is 4.80. The molecule has 0 saturated heterocycles. The van der Waals surface area contributed by atoms with Crippen LogP contribution < -0.4 is 5.56 Å². The van der Waals surface area contributed by atoms with Gasteiger partial charge in [0.05, 0.1) is 23.8 Å². The molecule has 0 spiro atoms. The lowest BCUT2D eigenvalue weighted by molar-refractivity contribution is 0.0966. The standard InChI is InChI=1S/C20H12ClFN2O2S/c21-13-7-5-12(6-8-13)15-10-27-19-18(15)20(26)24(11-23-19)9-17(25)14-3-1-2-4-16(14)22/h1-8,10-11H,9H2. The van der Waals surface area contributed by atoms with E-state index in [1.54, 1.807) is 18.2 Å². The molecule has 2 aromatic heterocycles. The quantitative estimate of drug-likeness (QED) is 0.464. The number of fused-ring (bicyclic) bond motifs is 1. The third-order valence-corrected chi connectivity index (χ3v) is 5.34. The Morgan fingerprint density at radius 1 is 1.15 bits per heavy atom. The third-order valence-electron chi connectivity index (χ3n) is 4.20. The van der Waals surface area contributed by atoms with Crippen LogP contribution in [0.1, 0.15) is 10.4 Å². The van der Waals surface area contributed by atoms with E-state index < -0.39 is 11.6 Å². The van der Waals surface area contributed by atoms with Crippen molar-refractivity contribution in [2.45, 2.75) is 6.54 Å². The van der Waals surface area contributed by atoms with Gasteiger partial charge in [0.25, 0.3) is 5.56 Å². The zero-order valence-corrected chi connectivity index (χ0v) is 15.4. The smallest absolute Gasteiger partial charge is 0.263 e. The van der Waals surface area contributed by atoms with Gasteiger partial charge >= 0.3 is 0 Å². The minimum absolute atomic E-state index is 0.0484. The predicted molar refractivity (Wildman–Crippen MR) is 105 cm³/mol. The van der Waals surface area contributed by atoms with E-state index in [9.17, 15) is 14.0 Å². The summed E-state index contributed by atoms with van der Waals surface area (Å²) in [4.78, 5) is 30.2. The fourth-order valence-corrected chi connectivity index (χ4v) is 3.88. The monoisotopic (exact) mass is 398 g/mol. The first-order chi connectivity index (χ1) is 13.0. The van der Waals surface area contributed by atoms with Crippen molar-refractivity contribution in [2.75, 3.05) is 0 Å². The van der Waals surface area contributed by atoms with E-state index in [4.69, 9.17) is 11.6 Å². The van der Waals surface area contributed by atoms with Crippen LogP contribution in [0.25, 0.3) is 21.3 Å². The van der Waals surface area contributed by atoms with Crippen molar-refractivity contribution < 1.29 is 9.18 Å². The molecule has 0 N–H and O–H groups in total. The number of benzene rings is 2. The molecule has 0 unspecified atom stereocenters. The second-order valence-corrected chi connectivity index (χ2v) is 7.21. The van der Waals surface area contributed by atoms with Gasteiger partial charge < -0.3 is 0 Å². The van der Waals surface area contributed by atoms with Crippen LogP contribution in [0.15, 0.2) is 65.0 Å². The van der Waals surface area contributed by atoms with Crippen LogP contribution in [0.2, 0.25) is 5.02 Å². The molecule has 2 heterocycles. The van der Waals surface area contributed by atoms with Crippen LogP contribution >= 0.6 is 22.9 Å². The highest BCUT2D eigenvalue weighted by Crippen LogP contribution is 2.31. The molecule has 0 aliphatic carbocycles. The van der Waals surface area contributed by atoms with Gasteiger partial charge in [0.2, 0.25) is 0 Å². The van der Waals surface area contributed by atoms with Crippen molar-refractivity contribution in [3.05, 3.63) is 87.0 Å². The lowest BCUT2D eigenvalue weighted by Crippen LogP contribution is -2.25. The number of halogens is 2. The van der Waals surface area contributed by atoms with Gasteiger partial charge in [-0.1, -0.05) is 35.9 Å². The molecular formula is C20H12ClFN2O2S. The number of rotatable bonds is 4. The Balaban J connectivity index is 1.77. The van der Waals surface area contributed by atoms with Crippen molar-refractivity contribution in [3.63, 3.8) is 0 Å². The van der Waals surface area contributed by atoms with Crippen molar-refractivity contribution in [3.8, 4) is 11.1 Å². The summed E-state index contributed by atoms with van der Waals surface area (Å²) >= 11 is 7.28. The van der Waals surface area contributed by atoms with Crippen LogP contribution in [-0.2, 0) is 6.54 Å². The maximum absolute atomic E-state index is 13.8. The first kappa shape index (κ1) is 17.6. The summed E-state index contributed by atoms with van der Waals surface area (Å²) in [6.45, 7) is -0.279. The number of nitrogens with zero attached hydrogens (tertiary/aromatic N) is 2. The van der Waals surface area contributed by atoms with E-state index in [-0.39, 0.29) is 17.7 Å². The van der Waals surface area contributed by atoms with Gasteiger partial charge in [0.1, 0.15) is 10.6 Å². The summed E-state index contributed by atoms with van der Waals surface area (Å²) in [5.74, 6) is -1.10. The van der Waals surface area contributed by atoms with Gasteiger partial charge in [0.15, 0.2) is 5.78 Å². The molecule has 0 radical (unpaired) electrons. The highest BCUT2D eigenvalue weighted by atomic mass is 35.5. The molecule has 0 bridgehead atoms. The van der Waals surface area contributed by atoms with Crippen LogP contribution in [0.5, 0.6) is 0 Å². The number of Topliss-reactive ketones (excluding diaryl/α,β-unsaturated/α-hetero) is 1. The SMILES string of the molecule is O=C(Cn1cnc2scc(-c3ccc(Cl)cc3)c2c1=O)c1ccccc1F. The average Bonchev–Trinajstić information content (AvgIpc) is 3.10. The van der Waals surface area contributed by atoms with E-state index in [0.29, 0.717) is 15.2 Å². The Bertz CT molecular complexity index is 1210. The van der Waals surface area contributed by atoms with E-state index in [0.717, 1.165) is 11.1 Å². The second-order valence-electron chi connectivity index (χ2n) is 5.92.